The summed E-state index contributed by atoms with van der Waals surface area (Å²) in [4.78, 5) is 20.4. The average Bonchev–Trinajstić information content (AvgIpc) is 2.46. The smallest absolute Gasteiger partial charge is 0.335 e. The summed E-state index contributed by atoms with van der Waals surface area (Å²) >= 11 is 0. The number of carboxylic acids is 2. The Bertz CT molecular complexity index is 628. The van der Waals surface area contributed by atoms with Crippen molar-refractivity contribution in [2.75, 3.05) is 0 Å². The second kappa shape index (κ2) is 11.2. The minimum absolute atomic E-state index is 0.535. The Labute approximate surface area is 135 Å². The normalized spacial score (nSPS) is 9.35. The highest BCUT2D eigenvalue weighted by Gasteiger charge is 2.17. The van der Waals surface area contributed by atoms with E-state index in [9.17, 15) is 18.0 Å². The van der Waals surface area contributed by atoms with Gasteiger partial charge in [0.25, 0.3) is 10.1 Å². The van der Waals surface area contributed by atoms with Crippen LogP contribution in [0.2, 0.25) is 0 Å². The Morgan fingerprint density at radius 2 is 1.39 bits per heavy atom. The molecule has 0 aliphatic carbocycles. The van der Waals surface area contributed by atoms with Gasteiger partial charge in [-0.25, -0.2) is 9.59 Å². The van der Waals surface area contributed by atoms with Gasteiger partial charge in [-0.2, -0.15) is 8.42 Å². The van der Waals surface area contributed by atoms with Crippen molar-refractivity contribution >= 4 is 22.1 Å². The second-order valence-electron chi connectivity index (χ2n) is 3.94. The van der Waals surface area contributed by atoms with Crippen LogP contribution >= 0.6 is 0 Å². The number of carbonyl (C=O) groups is 2. The van der Waals surface area contributed by atoms with Crippen molar-refractivity contribution in [3.05, 3.63) is 54.6 Å². The lowest BCUT2D eigenvalue weighted by Crippen LogP contribution is -2.07. The quantitative estimate of drug-likeness (QED) is 0.565. The standard InChI is InChI=1S/C8H6O7S.C4H8.C3H6/c9-7(10)4-1-5(8(11)12)3-6(2-4)16(13,14)15;1-3-4-2;1-3-2/h1-3H,(H,9,10)(H,11,12)(H,13,14,15);3H,1,4H2,2H3;3H,1H2,2H3. The number of hydrogen-bond acceptors (Lipinski definition) is 4. The van der Waals surface area contributed by atoms with Crippen LogP contribution in [0.4, 0.5) is 0 Å². The zero-order valence-electron chi connectivity index (χ0n) is 12.9. The van der Waals surface area contributed by atoms with Crippen molar-refractivity contribution in [2.24, 2.45) is 0 Å². The van der Waals surface area contributed by atoms with Crippen LogP contribution in [-0.2, 0) is 10.1 Å². The lowest BCUT2D eigenvalue weighted by molar-refractivity contribution is 0.0696. The maximum Gasteiger partial charge on any atom is 0.335 e. The zero-order chi connectivity index (χ0) is 18.6. The molecule has 0 heterocycles. The van der Waals surface area contributed by atoms with E-state index in [2.05, 4.69) is 20.1 Å². The molecule has 0 saturated carbocycles. The van der Waals surface area contributed by atoms with E-state index in [-0.39, 0.29) is 0 Å². The van der Waals surface area contributed by atoms with Gasteiger partial charge < -0.3 is 10.2 Å². The fourth-order valence-electron chi connectivity index (χ4n) is 0.995. The van der Waals surface area contributed by atoms with Gasteiger partial charge in [0.05, 0.1) is 16.0 Å². The fourth-order valence-corrected chi connectivity index (χ4v) is 1.55. The molecule has 0 aromatic heterocycles. The highest BCUT2D eigenvalue weighted by atomic mass is 32.2. The molecule has 0 atom stereocenters. The lowest BCUT2D eigenvalue weighted by Gasteiger charge is -2.02. The molecule has 0 aliphatic heterocycles. The first-order chi connectivity index (χ1) is 10.5. The van der Waals surface area contributed by atoms with Crippen LogP contribution in [0.25, 0.3) is 0 Å². The molecule has 128 valence electrons. The minimum Gasteiger partial charge on any atom is -0.478 e. The van der Waals surface area contributed by atoms with Crippen molar-refractivity contribution in [3.8, 4) is 0 Å². The Balaban J connectivity index is 0. The van der Waals surface area contributed by atoms with Crippen molar-refractivity contribution in [1.82, 2.24) is 0 Å². The number of rotatable bonds is 4. The Hall–Kier alpha value is -2.45. The third-order valence-electron chi connectivity index (χ3n) is 1.99. The van der Waals surface area contributed by atoms with Gasteiger partial charge in [-0.3, -0.25) is 4.55 Å². The molecule has 0 bridgehead atoms. The predicted molar refractivity (Wildman–Crippen MR) is 86.5 cm³/mol. The summed E-state index contributed by atoms with van der Waals surface area (Å²) in [6.07, 6.45) is 4.71. The average molecular weight is 344 g/mol. The van der Waals surface area contributed by atoms with Gasteiger partial charge in [-0.05, 0) is 31.5 Å². The largest absolute Gasteiger partial charge is 0.478 e. The van der Waals surface area contributed by atoms with Gasteiger partial charge in [-0.1, -0.05) is 19.1 Å². The number of benzene rings is 1. The summed E-state index contributed by atoms with van der Waals surface area (Å²) in [5, 5.41) is 17.2. The summed E-state index contributed by atoms with van der Waals surface area (Å²) in [5.74, 6) is -2.99. The van der Waals surface area contributed by atoms with Crippen LogP contribution in [0.3, 0.4) is 0 Å². The first-order valence-electron chi connectivity index (χ1n) is 6.32. The van der Waals surface area contributed by atoms with Gasteiger partial charge in [0.1, 0.15) is 0 Å². The van der Waals surface area contributed by atoms with E-state index in [4.69, 9.17) is 14.8 Å². The van der Waals surface area contributed by atoms with Gasteiger partial charge >= 0.3 is 11.9 Å². The van der Waals surface area contributed by atoms with Crippen LogP contribution in [0.1, 0.15) is 41.0 Å². The molecule has 0 aliphatic rings. The maximum atomic E-state index is 10.8. The molecule has 0 spiro atoms. The summed E-state index contributed by atoms with van der Waals surface area (Å²) in [6, 6.07) is 2.13. The molecule has 1 aromatic rings. The molecule has 23 heavy (non-hydrogen) atoms. The van der Waals surface area contributed by atoms with E-state index < -0.39 is 38.1 Å². The van der Waals surface area contributed by atoms with Crippen LogP contribution in [0.15, 0.2) is 48.4 Å². The van der Waals surface area contributed by atoms with Gasteiger partial charge in [0, 0.05) is 0 Å². The van der Waals surface area contributed by atoms with E-state index >= 15 is 0 Å². The molecular weight excluding hydrogens is 324 g/mol. The summed E-state index contributed by atoms with van der Waals surface area (Å²) in [5.41, 5.74) is -1.07. The molecule has 0 fully saturated rings. The molecule has 8 heteroatoms. The molecule has 3 N–H and O–H groups in total. The SMILES string of the molecule is C=CC.C=CCC.O=C(O)c1cc(C(=O)O)cc(S(=O)(=O)O)c1. The lowest BCUT2D eigenvalue weighted by atomic mass is 10.1. The number of hydrogen-bond donors (Lipinski definition) is 3. The molecule has 7 nitrogen and oxygen atoms in total. The highest BCUT2D eigenvalue weighted by Crippen LogP contribution is 2.15. The van der Waals surface area contributed by atoms with E-state index in [0.29, 0.717) is 12.1 Å². The Kier molecular flexibility index (Phi) is 11.1. The molecule has 0 saturated heterocycles. The van der Waals surface area contributed by atoms with Crippen molar-refractivity contribution < 1.29 is 32.8 Å². The Morgan fingerprint density at radius 3 is 1.57 bits per heavy atom. The molecule has 0 unspecified atom stereocenters. The first kappa shape index (κ1) is 22.8. The summed E-state index contributed by atoms with van der Waals surface area (Å²) in [6.45, 7) is 10.8. The first-order valence-corrected chi connectivity index (χ1v) is 7.76. The van der Waals surface area contributed by atoms with Crippen LogP contribution in [-0.4, -0.2) is 35.1 Å². The zero-order valence-corrected chi connectivity index (χ0v) is 13.7. The molecule has 0 amide bonds. The second-order valence-corrected chi connectivity index (χ2v) is 5.36. The number of carboxylic acid groups (broad SMARTS) is 2. The predicted octanol–water partition coefficient (Wildman–Crippen LogP) is 3.10. The van der Waals surface area contributed by atoms with E-state index in [1.165, 1.54) is 0 Å². The van der Waals surface area contributed by atoms with Crippen molar-refractivity contribution in [3.63, 3.8) is 0 Å². The summed E-state index contributed by atoms with van der Waals surface area (Å²) < 4.78 is 30.2. The van der Waals surface area contributed by atoms with E-state index in [1.54, 1.807) is 6.08 Å². The minimum atomic E-state index is -4.64. The van der Waals surface area contributed by atoms with Crippen molar-refractivity contribution in [2.45, 2.75) is 25.2 Å². The Morgan fingerprint density at radius 1 is 1.09 bits per heavy atom. The third kappa shape index (κ3) is 9.99. The van der Waals surface area contributed by atoms with Gasteiger partial charge in [-0.15, -0.1) is 13.2 Å². The van der Waals surface area contributed by atoms with Gasteiger partial charge in [0.15, 0.2) is 0 Å². The summed E-state index contributed by atoms with van der Waals surface area (Å²) in [7, 11) is -4.64. The third-order valence-corrected chi connectivity index (χ3v) is 2.82. The molecule has 1 aromatic carbocycles. The maximum absolute atomic E-state index is 10.8. The van der Waals surface area contributed by atoms with E-state index in [1.807, 2.05) is 13.0 Å². The van der Waals surface area contributed by atoms with Gasteiger partial charge in [0.2, 0.25) is 0 Å². The molecule has 0 radical (unpaired) electrons. The van der Waals surface area contributed by atoms with Crippen LogP contribution < -0.4 is 0 Å². The monoisotopic (exact) mass is 344 g/mol. The van der Waals surface area contributed by atoms with Crippen LogP contribution in [0, 0.1) is 0 Å². The van der Waals surface area contributed by atoms with E-state index in [0.717, 1.165) is 12.5 Å². The molecular formula is C15H20O7S. The van der Waals surface area contributed by atoms with Crippen LogP contribution in [0.5, 0.6) is 0 Å². The highest BCUT2D eigenvalue weighted by molar-refractivity contribution is 7.85. The fraction of sp³-hybridized carbons (Fsp3) is 0.200. The topological polar surface area (TPSA) is 129 Å². The molecule has 1 rings (SSSR count). The number of allylic oxidation sites excluding steroid dienone is 2. The number of aromatic carboxylic acids is 2. The van der Waals surface area contributed by atoms with Crippen molar-refractivity contribution in [1.29, 1.82) is 0 Å².